The van der Waals surface area contributed by atoms with Gasteiger partial charge in [0.25, 0.3) is 5.56 Å². The zero-order valence-electron chi connectivity index (χ0n) is 9.75. The molecule has 0 unspecified atom stereocenters. The van der Waals surface area contributed by atoms with Crippen LogP contribution in [0.4, 0.5) is 13.2 Å². The first kappa shape index (κ1) is 11.8. The summed E-state index contributed by atoms with van der Waals surface area (Å²) in [6.07, 6.45) is -2.94. The van der Waals surface area contributed by atoms with E-state index in [2.05, 4.69) is 9.97 Å². The van der Waals surface area contributed by atoms with Gasteiger partial charge < -0.3 is 4.98 Å². The molecule has 0 aliphatic heterocycles. The zero-order valence-corrected chi connectivity index (χ0v) is 9.75. The molecular weight excluding hydrogens is 259 g/mol. The Kier molecular flexibility index (Phi) is 2.23. The number of halogens is 3. The molecule has 0 atom stereocenters. The molecule has 19 heavy (non-hydrogen) atoms. The number of aryl methyl sites for hydroxylation is 1. The highest BCUT2D eigenvalue weighted by Gasteiger charge is 2.30. The average Bonchev–Trinajstić information content (AvgIpc) is 2.71. The maximum absolute atomic E-state index is 12.6. The van der Waals surface area contributed by atoms with Crippen LogP contribution in [-0.2, 0) is 6.18 Å². The Hall–Kier alpha value is -2.31. The van der Waals surface area contributed by atoms with Gasteiger partial charge in [0.05, 0.1) is 16.6 Å². The van der Waals surface area contributed by atoms with E-state index in [-0.39, 0.29) is 11.2 Å². The van der Waals surface area contributed by atoms with Crippen molar-refractivity contribution in [1.82, 2.24) is 14.4 Å². The normalized spacial score (nSPS) is 12.4. The topological polar surface area (TPSA) is 50.2 Å². The van der Waals surface area contributed by atoms with Crippen molar-refractivity contribution in [1.29, 1.82) is 0 Å². The van der Waals surface area contributed by atoms with Crippen LogP contribution in [0.5, 0.6) is 0 Å². The Morgan fingerprint density at radius 1 is 1.32 bits per heavy atom. The van der Waals surface area contributed by atoms with Gasteiger partial charge in [0.15, 0.2) is 0 Å². The monoisotopic (exact) mass is 267 g/mol. The van der Waals surface area contributed by atoms with E-state index in [1.54, 1.807) is 6.92 Å². The van der Waals surface area contributed by atoms with Gasteiger partial charge >= 0.3 is 6.18 Å². The summed E-state index contributed by atoms with van der Waals surface area (Å²) in [5, 5.41) is 0. The van der Waals surface area contributed by atoms with E-state index in [9.17, 15) is 18.0 Å². The number of H-pyrrole nitrogens is 1. The van der Waals surface area contributed by atoms with Gasteiger partial charge in [0, 0.05) is 11.9 Å². The van der Waals surface area contributed by atoms with Gasteiger partial charge in [-0.3, -0.25) is 9.20 Å². The molecule has 3 aromatic rings. The van der Waals surface area contributed by atoms with E-state index in [4.69, 9.17) is 0 Å². The molecule has 2 aromatic heterocycles. The maximum atomic E-state index is 12.6. The molecule has 0 bridgehead atoms. The number of hydrogen-bond donors (Lipinski definition) is 1. The summed E-state index contributed by atoms with van der Waals surface area (Å²) in [5.74, 6) is 0. The minimum absolute atomic E-state index is 0.133. The number of aromatic amines is 1. The lowest BCUT2D eigenvalue weighted by molar-refractivity contribution is -0.137. The molecule has 7 heteroatoms. The van der Waals surface area contributed by atoms with Crippen LogP contribution in [-0.4, -0.2) is 14.4 Å². The first-order chi connectivity index (χ1) is 8.88. The molecule has 0 saturated heterocycles. The van der Waals surface area contributed by atoms with E-state index in [1.807, 2.05) is 0 Å². The summed E-state index contributed by atoms with van der Waals surface area (Å²) in [7, 11) is 0. The second-order valence-corrected chi connectivity index (χ2v) is 4.24. The fraction of sp³-hybridized carbons (Fsp3) is 0.167. The number of benzene rings is 1. The number of aromatic nitrogens is 3. The van der Waals surface area contributed by atoms with Crippen molar-refractivity contribution in [3.8, 4) is 0 Å². The minimum Gasteiger partial charge on any atom is -0.317 e. The Morgan fingerprint density at radius 2 is 2.05 bits per heavy atom. The summed E-state index contributed by atoms with van der Waals surface area (Å²) in [5.41, 5.74) is 0.161. The third-order valence-electron chi connectivity index (χ3n) is 2.95. The number of fused-ring (bicyclic) bond motifs is 3. The molecule has 4 nitrogen and oxygen atoms in total. The fourth-order valence-corrected chi connectivity index (χ4v) is 2.09. The molecule has 98 valence electrons. The first-order valence-corrected chi connectivity index (χ1v) is 5.45. The minimum atomic E-state index is -4.44. The lowest BCUT2D eigenvalue weighted by Gasteiger charge is -2.09. The van der Waals surface area contributed by atoms with Crippen LogP contribution in [0, 0.1) is 6.92 Å². The van der Waals surface area contributed by atoms with Gasteiger partial charge in [0.1, 0.15) is 0 Å². The molecule has 0 amide bonds. The largest absolute Gasteiger partial charge is 0.416 e. The van der Waals surface area contributed by atoms with Crippen LogP contribution >= 0.6 is 0 Å². The van der Waals surface area contributed by atoms with Crippen molar-refractivity contribution < 1.29 is 13.2 Å². The molecule has 0 aliphatic rings. The number of nitrogens with zero attached hydrogens (tertiary/aromatic N) is 2. The highest BCUT2D eigenvalue weighted by atomic mass is 19.4. The molecule has 1 N–H and O–H groups in total. The summed E-state index contributed by atoms with van der Waals surface area (Å²) in [6.45, 7) is 1.73. The first-order valence-electron chi connectivity index (χ1n) is 5.45. The van der Waals surface area contributed by atoms with Crippen molar-refractivity contribution >= 4 is 16.7 Å². The van der Waals surface area contributed by atoms with E-state index in [0.717, 1.165) is 12.1 Å². The van der Waals surface area contributed by atoms with Gasteiger partial charge in [-0.05, 0) is 25.1 Å². The van der Waals surface area contributed by atoms with Crippen LogP contribution in [0.2, 0.25) is 0 Å². The van der Waals surface area contributed by atoms with Gasteiger partial charge in [-0.25, -0.2) is 4.98 Å². The van der Waals surface area contributed by atoms with Crippen molar-refractivity contribution in [3.05, 3.63) is 46.0 Å². The lowest BCUT2D eigenvalue weighted by atomic mass is 10.2. The third kappa shape index (κ3) is 1.69. The van der Waals surface area contributed by atoms with E-state index in [1.165, 1.54) is 16.7 Å². The van der Waals surface area contributed by atoms with E-state index >= 15 is 0 Å². The Bertz CT molecular complexity index is 845. The molecule has 0 spiro atoms. The van der Waals surface area contributed by atoms with Crippen molar-refractivity contribution in [2.24, 2.45) is 0 Å². The molecular formula is C12H8F3N3O. The fourth-order valence-electron chi connectivity index (χ4n) is 2.09. The highest BCUT2D eigenvalue weighted by Crippen LogP contribution is 2.30. The van der Waals surface area contributed by atoms with E-state index < -0.39 is 17.3 Å². The second-order valence-electron chi connectivity index (χ2n) is 4.24. The van der Waals surface area contributed by atoms with Crippen LogP contribution in [0.3, 0.4) is 0 Å². The van der Waals surface area contributed by atoms with Crippen LogP contribution in [0.15, 0.2) is 29.2 Å². The quantitative estimate of drug-likeness (QED) is 0.680. The molecule has 1 aromatic carbocycles. The van der Waals surface area contributed by atoms with Crippen LogP contribution in [0.25, 0.3) is 16.7 Å². The van der Waals surface area contributed by atoms with E-state index in [0.29, 0.717) is 11.2 Å². The Balaban J connectivity index is 2.46. The van der Waals surface area contributed by atoms with Gasteiger partial charge in [-0.1, -0.05) is 0 Å². The standard InChI is InChI=1S/C12H8F3N3O/c1-6-5-16-10-11(19)17-8-4-7(12(13,14)15)2-3-9(8)18(6)10/h2-5H,1H3,(H,17,19). The predicted molar refractivity (Wildman–Crippen MR) is 63.1 cm³/mol. The molecule has 0 aliphatic carbocycles. The number of rotatable bonds is 0. The molecule has 3 rings (SSSR count). The molecule has 0 fully saturated rings. The summed E-state index contributed by atoms with van der Waals surface area (Å²) >= 11 is 0. The van der Waals surface area contributed by atoms with Crippen molar-refractivity contribution in [3.63, 3.8) is 0 Å². The van der Waals surface area contributed by atoms with Gasteiger partial charge in [-0.15, -0.1) is 0 Å². The predicted octanol–water partition coefficient (Wildman–Crippen LogP) is 2.50. The number of alkyl halides is 3. The average molecular weight is 267 g/mol. The lowest BCUT2D eigenvalue weighted by Crippen LogP contribution is -2.12. The Morgan fingerprint density at radius 3 is 2.74 bits per heavy atom. The molecule has 0 saturated carbocycles. The van der Waals surface area contributed by atoms with Crippen molar-refractivity contribution in [2.75, 3.05) is 0 Å². The number of imidazole rings is 1. The third-order valence-corrected chi connectivity index (χ3v) is 2.95. The maximum Gasteiger partial charge on any atom is 0.416 e. The highest BCUT2D eigenvalue weighted by molar-refractivity contribution is 5.78. The number of nitrogens with one attached hydrogen (secondary N) is 1. The zero-order chi connectivity index (χ0) is 13.8. The summed E-state index contributed by atoms with van der Waals surface area (Å²) < 4.78 is 39.5. The Labute approximate surface area is 104 Å². The summed E-state index contributed by atoms with van der Waals surface area (Å²) in [6, 6.07) is 3.24. The molecule has 2 heterocycles. The van der Waals surface area contributed by atoms with Gasteiger partial charge in [0.2, 0.25) is 5.65 Å². The SMILES string of the molecule is Cc1cnc2c(=O)[nH]c3cc(C(F)(F)F)ccc3n12. The van der Waals surface area contributed by atoms with Crippen LogP contribution < -0.4 is 5.56 Å². The number of hydrogen-bond acceptors (Lipinski definition) is 2. The summed E-state index contributed by atoms with van der Waals surface area (Å²) in [4.78, 5) is 18.1. The smallest absolute Gasteiger partial charge is 0.317 e. The van der Waals surface area contributed by atoms with Crippen LogP contribution in [0.1, 0.15) is 11.3 Å². The van der Waals surface area contributed by atoms with Crippen molar-refractivity contribution in [2.45, 2.75) is 13.1 Å². The second kappa shape index (κ2) is 3.59. The molecule has 0 radical (unpaired) electrons. The van der Waals surface area contributed by atoms with Gasteiger partial charge in [-0.2, -0.15) is 13.2 Å².